The van der Waals surface area contributed by atoms with E-state index >= 15 is 0 Å². The van der Waals surface area contributed by atoms with Crippen LogP contribution in [0.2, 0.25) is 0 Å². The van der Waals surface area contributed by atoms with Gasteiger partial charge >= 0.3 is 7.67 Å². The molecule has 0 aliphatic heterocycles. The van der Waals surface area contributed by atoms with E-state index in [-0.39, 0.29) is 23.3 Å². The number of benzene rings is 1. The van der Waals surface area contributed by atoms with Gasteiger partial charge in [-0.3, -0.25) is 4.57 Å². The first-order valence-corrected chi connectivity index (χ1v) is 11.0. The lowest BCUT2D eigenvalue weighted by atomic mass is 10.2. The summed E-state index contributed by atoms with van der Waals surface area (Å²) in [6.45, 7) is 0.600. The van der Waals surface area contributed by atoms with Gasteiger partial charge < -0.3 is 4.52 Å². The van der Waals surface area contributed by atoms with Gasteiger partial charge in [0.25, 0.3) is 0 Å². The van der Waals surface area contributed by atoms with Crippen molar-refractivity contribution < 1.29 is 17.5 Å². The van der Waals surface area contributed by atoms with E-state index in [1.165, 1.54) is 16.8 Å². The maximum absolute atomic E-state index is 12.4. The van der Waals surface area contributed by atoms with E-state index in [0.717, 1.165) is 6.26 Å². The van der Waals surface area contributed by atoms with E-state index in [9.17, 15) is 13.0 Å². The smallest absolute Gasteiger partial charge is 0.301 e. The molecule has 0 amide bonds. The van der Waals surface area contributed by atoms with Crippen molar-refractivity contribution in [3.8, 4) is 0 Å². The molecule has 1 unspecified atom stereocenters. The zero-order chi connectivity index (χ0) is 16.8. The quantitative estimate of drug-likeness (QED) is 0.516. The van der Waals surface area contributed by atoms with Gasteiger partial charge in [-0.25, -0.2) is 18.6 Å². The molecule has 22 heavy (non-hydrogen) atoms. The SMILES string of the molecule is CS(=O)(=O)c1ccc(COP(N)(=O)N(CCCl)CCCl)cc1. The van der Waals surface area contributed by atoms with Crippen molar-refractivity contribution in [1.29, 1.82) is 0 Å². The molecule has 6 nitrogen and oxygen atoms in total. The highest BCUT2D eigenvalue weighted by Gasteiger charge is 2.26. The zero-order valence-corrected chi connectivity index (χ0v) is 15.3. The van der Waals surface area contributed by atoms with Crippen molar-refractivity contribution in [1.82, 2.24) is 4.67 Å². The molecule has 1 rings (SSSR count). The van der Waals surface area contributed by atoms with Gasteiger partial charge in [0.05, 0.1) is 11.5 Å². The molecule has 0 heterocycles. The summed E-state index contributed by atoms with van der Waals surface area (Å²) in [5, 5.41) is 0. The molecule has 1 atom stereocenters. The van der Waals surface area contributed by atoms with Gasteiger partial charge in [0.2, 0.25) is 0 Å². The molecule has 1 aromatic carbocycles. The molecule has 0 aliphatic rings. The Labute approximate surface area is 141 Å². The van der Waals surface area contributed by atoms with Crippen LogP contribution in [0.1, 0.15) is 5.56 Å². The van der Waals surface area contributed by atoms with Gasteiger partial charge in [-0.15, -0.1) is 23.2 Å². The molecule has 0 aliphatic carbocycles. The van der Waals surface area contributed by atoms with Crippen LogP contribution < -0.4 is 5.50 Å². The fraction of sp³-hybridized carbons (Fsp3) is 0.500. The molecule has 2 N–H and O–H groups in total. The summed E-state index contributed by atoms with van der Waals surface area (Å²) < 4.78 is 41.8. The Morgan fingerprint density at radius 1 is 1.18 bits per heavy atom. The predicted molar refractivity (Wildman–Crippen MR) is 89.1 cm³/mol. The van der Waals surface area contributed by atoms with Gasteiger partial charge in [-0.05, 0) is 17.7 Å². The van der Waals surface area contributed by atoms with Crippen molar-refractivity contribution >= 4 is 40.7 Å². The Kier molecular flexibility index (Phi) is 7.82. The fourth-order valence-electron chi connectivity index (χ4n) is 1.67. The number of nitrogens with zero attached hydrogens (tertiary/aromatic N) is 1. The molecule has 126 valence electrons. The van der Waals surface area contributed by atoms with Crippen molar-refractivity contribution in [3.05, 3.63) is 29.8 Å². The van der Waals surface area contributed by atoms with Crippen molar-refractivity contribution in [2.45, 2.75) is 11.5 Å². The van der Waals surface area contributed by atoms with E-state index in [1.807, 2.05) is 0 Å². The molecule has 0 aromatic heterocycles. The molecule has 1 aromatic rings. The van der Waals surface area contributed by atoms with Gasteiger partial charge in [-0.1, -0.05) is 12.1 Å². The molecule has 0 radical (unpaired) electrons. The third-order valence-electron chi connectivity index (χ3n) is 2.85. The minimum atomic E-state index is -3.50. The average molecular weight is 389 g/mol. The Morgan fingerprint density at radius 3 is 2.09 bits per heavy atom. The summed E-state index contributed by atoms with van der Waals surface area (Å²) in [6.07, 6.45) is 1.13. The monoisotopic (exact) mass is 388 g/mol. The largest absolute Gasteiger partial charge is 0.341 e. The average Bonchev–Trinajstić information content (AvgIpc) is 2.44. The van der Waals surface area contributed by atoms with Crippen LogP contribution in [0.15, 0.2) is 29.2 Å². The van der Waals surface area contributed by atoms with Crippen LogP contribution in [-0.2, 0) is 25.5 Å². The standard InChI is InChI=1S/C12H19Cl2N2O4PS/c1-22(18,19)12-4-2-11(3-5-12)10-20-21(15,17)16(8-6-13)9-7-14/h2-5H,6-10H2,1H3,(H2,15,17). The Morgan fingerprint density at radius 2 is 1.68 bits per heavy atom. The minimum Gasteiger partial charge on any atom is -0.301 e. The van der Waals surface area contributed by atoms with Crippen LogP contribution in [0, 0.1) is 0 Å². The Bertz CT molecular complexity index is 619. The van der Waals surface area contributed by atoms with Crippen LogP contribution >= 0.6 is 30.9 Å². The summed E-state index contributed by atoms with van der Waals surface area (Å²) in [6, 6.07) is 6.10. The second-order valence-electron chi connectivity index (χ2n) is 4.59. The third-order valence-corrected chi connectivity index (χ3v) is 6.00. The summed E-state index contributed by atoms with van der Waals surface area (Å²) in [5.41, 5.74) is 6.39. The van der Waals surface area contributed by atoms with Gasteiger partial charge in [0.15, 0.2) is 9.84 Å². The number of halogens is 2. The Balaban J connectivity index is 2.73. The summed E-state index contributed by atoms with van der Waals surface area (Å²) >= 11 is 11.3. The molecule has 0 saturated carbocycles. The van der Waals surface area contributed by atoms with E-state index in [2.05, 4.69) is 0 Å². The van der Waals surface area contributed by atoms with E-state index in [1.54, 1.807) is 12.1 Å². The van der Waals surface area contributed by atoms with Crippen LogP contribution in [-0.4, -0.2) is 44.2 Å². The first kappa shape index (κ1) is 19.9. The number of sulfone groups is 1. The lowest BCUT2D eigenvalue weighted by Gasteiger charge is -2.26. The lowest BCUT2D eigenvalue weighted by molar-refractivity contribution is 0.257. The Hall–Kier alpha value is -0.140. The van der Waals surface area contributed by atoms with E-state index < -0.39 is 17.5 Å². The van der Waals surface area contributed by atoms with Crippen molar-refractivity contribution in [2.24, 2.45) is 5.50 Å². The molecule has 0 spiro atoms. The maximum atomic E-state index is 12.4. The molecule has 0 bridgehead atoms. The van der Waals surface area contributed by atoms with Gasteiger partial charge in [0.1, 0.15) is 0 Å². The highest BCUT2D eigenvalue weighted by Crippen LogP contribution is 2.43. The third kappa shape index (κ3) is 6.16. The zero-order valence-electron chi connectivity index (χ0n) is 12.1. The molecule has 0 saturated heterocycles. The summed E-state index contributed by atoms with van der Waals surface area (Å²) in [4.78, 5) is 0.207. The maximum Gasteiger partial charge on any atom is 0.341 e. The number of rotatable bonds is 9. The topological polar surface area (TPSA) is 89.7 Å². The fourth-order valence-corrected chi connectivity index (χ4v) is 4.20. The van der Waals surface area contributed by atoms with Crippen LogP contribution in [0.25, 0.3) is 0 Å². The number of alkyl halides is 2. The van der Waals surface area contributed by atoms with Crippen LogP contribution in [0.3, 0.4) is 0 Å². The van der Waals surface area contributed by atoms with Crippen LogP contribution in [0.4, 0.5) is 0 Å². The minimum absolute atomic E-state index is 0.00110. The van der Waals surface area contributed by atoms with Crippen molar-refractivity contribution in [2.75, 3.05) is 31.1 Å². The molecule has 0 fully saturated rings. The van der Waals surface area contributed by atoms with Gasteiger partial charge in [0, 0.05) is 31.1 Å². The first-order chi connectivity index (χ1) is 10.2. The highest BCUT2D eigenvalue weighted by molar-refractivity contribution is 7.90. The molecule has 10 heteroatoms. The summed E-state index contributed by atoms with van der Waals surface area (Å²) in [7, 11) is -6.75. The number of hydrogen-bond acceptors (Lipinski definition) is 4. The second kappa shape index (κ2) is 8.64. The van der Waals surface area contributed by atoms with E-state index in [4.69, 9.17) is 33.2 Å². The molecular weight excluding hydrogens is 370 g/mol. The van der Waals surface area contributed by atoms with Crippen LogP contribution in [0.5, 0.6) is 0 Å². The molecular formula is C12H19Cl2N2O4PS. The predicted octanol–water partition coefficient (Wildman–Crippen LogP) is 2.45. The summed E-state index contributed by atoms with van der Waals surface area (Å²) in [5.74, 6) is 0.509. The number of nitrogens with two attached hydrogens (primary N) is 1. The van der Waals surface area contributed by atoms with E-state index in [0.29, 0.717) is 18.7 Å². The lowest BCUT2D eigenvalue weighted by Crippen LogP contribution is -2.29. The van der Waals surface area contributed by atoms with Crippen molar-refractivity contribution in [3.63, 3.8) is 0 Å². The van der Waals surface area contributed by atoms with Gasteiger partial charge in [-0.2, -0.15) is 0 Å². The number of hydrogen-bond donors (Lipinski definition) is 1. The normalized spacial score (nSPS) is 15.0. The second-order valence-corrected chi connectivity index (χ2v) is 9.31. The first-order valence-electron chi connectivity index (χ1n) is 6.40. The highest BCUT2D eigenvalue weighted by atomic mass is 35.5.